The van der Waals surface area contributed by atoms with Crippen molar-refractivity contribution in [2.45, 2.75) is 19.3 Å². The van der Waals surface area contributed by atoms with Crippen LogP contribution in [-0.4, -0.2) is 23.5 Å². The van der Waals surface area contributed by atoms with Crippen LogP contribution in [0, 0.1) is 11.2 Å². The zero-order valence-electron chi connectivity index (χ0n) is 9.78. The van der Waals surface area contributed by atoms with Crippen molar-refractivity contribution in [2.24, 2.45) is 5.41 Å². The van der Waals surface area contributed by atoms with Gasteiger partial charge in [0.15, 0.2) is 0 Å². The number of carbonyl (C=O) groups excluding carboxylic acids is 1. The van der Waals surface area contributed by atoms with E-state index in [-0.39, 0.29) is 12.1 Å². The predicted octanol–water partition coefficient (Wildman–Crippen LogP) is 1.81. The molecule has 1 saturated carbocycles. The minimum absolute atomic E-state index is 0.0949. The normalized spacial score (nSPS) is 16.7. The van der Waals surface area contributed by atoms with Crippen LogP contribution in [-0.2, 0) is 4.79 Å². The second-order valence-corrected chi connectivity index (χ2v) is 4.63. The number of carbonyl (C=O) groups is 2. The van der Waals surface area contributed by atoms with Gasteiger partial charge in [-0.25, -0.2) is 4.39 Å². The van der Waals surface area contributed by atoms with Crippen LogP contribution in [0.15, 0.2) is 24.3 Å². The van der Waals surface area contributed by atoms with Gasteiger partial charge in [0.1, 0.15) is 5.82 Å². The zero-order valence-corrected chi connectivity index (χ0v) is 9.78. The van der Waals surface area contributed by atoms with Crippen molar-refractivity contribution in [3.8, 4) is 0 Å². The number of hydrogen-bond acceptors (Lipinski definition) is 2. The zero-order chi connectivity index (χ0) is 13.2. The summed E-state index contributed by atoms with van der Waals surface area (Å²) >= 11 is 0. The van der Waals surface area contributed by atoms with Crippen molar-refractivity contribution in [3.63, 3.8) is 0 Å². The summed E-state index contributed by atoms with van der Waals surface area (Å²) in [6.45, 7) is 0.0949. The molecule has 1 amide bonds. The Morgan fingerprint density at radius 3 is 2.61 bits per heavy atom. The molecule has 0 heterocycles. The van der Waals surface area contributed by atoms with Gasteiger partial charge >= 0.3 is 5.97 Å². The first-order chi connectivity index (χ1) is 8.53. The third-order valence-corrected chi connectivity index (χ3v) is 3.44. The van der Waals surface area contributed by atoms with Gasteiger partial charge < -0.3 is 10.4 Å². The number of aliphatic carboxylic acids is 1. The van der Waals surface area contributed by atoms with Crippen LogP contribution in [0.5, 0.6) is 0 Å². The van der Waals surface area contributed by atoms with E-state index in [1.165, 1.54) is 18.2 Å². The van der Waals surface area contributed by atoms with E-state index in [0.29, 0.717) is 12.8 Å². The molecule has 1 fully saturated rings. The highest BCUT2D eigenvalue weighted by Gasteiger charge is 2.44. The van der Waals surface area contributed by atoms with Crippen molar-refractivity contribution in [3.05, 3.63) is 35.6 Å². The Balaban J connectivity index is 1.98. The van der Waals surface area contributed by atoms with Crippen LogP contribution in [0.25, 0.3) is 0 Å². The van der Waals surface area contributed by atoms with Crippen molar-refractivity contribution in [2.75, 3.05) is 6.54 Å². The topological polar surface area (TPSA) is 66.4 Å². The van der Waals surface area contributed by atoms with Crippen LogP contribution in [0.1, 0.15) is 29.6 Å². The summed E-state index contributed by atoms with van der Waals surface area (Å²) in [5.74, 6) is -1.81. The maximum absolute atomic E-state index is 12.9. The lowest BCUT2D eigenvalue weighted by Gasteiger charge is -2.37. The third-order valence-electron chi connectivity index (χ3n) is 3.44. The molecule has 1 aliphatic carbocycles. The summed E-state index contributed by atoms with van der Waals surface area (Å²) < 4.78 is 12.9. The van der Waals surface area contributed by atoms with Crippen LogP contribution >= 0.6 is 0 Å². The van der Waals surface area contributed by atoms with Gasteiger partial charge in [0.2, 0.25) is 0 Å². The fraction of sp³-hybridized carbons (Fsp3) is 0.385. The third kappa shape index (κ3) is 2.34. The van der Waals surface area contributed by atoms with Crippen LogP contribution in [0.3, 0.4) is 0 Å². The fourth-order valence-electron chi connectivity index (χ4n) is 2.05. The van der Waals surface area contributed by atoms with Gasteiger partial charge in [-0.2, -0.15) is 0 Å². The van der Waals surface area contributed by atoms with Crippen molar-refractivity contribution in [1.82, 2.24) is 5.32 Å². The van der Waals surface area contributed by atoms with Gasteiger partial charge in [-0.05, 0) is 31.0 Å². The SMILES string of the molecule is O=C(NCC1(C(=O)O)CCC1)c1cccc(F)c1. The quantitative estimate of drug-likeness (QED) is 0.857. The van der Waals surface area contributed by atoms with E-state index in [0.717, 1.165) is 12.5 Å². The van der Waals surface area contributed by atoms with E-state index in [9.17, 15) is 14.0 Å². The lowest BCUT2D eigenvalue weighted by molar-refractivity contribution is -0.153. The Bertz CT molecular complexity index is 483. The summed E-state index contributed by atoms with van der Waals surface area (Å²) in [5, 5.41) is 11.7. The molecule has 0 aliphatic heterocycles. The number of carboxylic acid groups (broad SMARTS) is 1. The Morgan fingerprint density at radius 2 is 2.11 bits per heavy atom. The molecule has 1 aromatic rings. The van der Waals surface area contributed by atoms with E-state index in [1.54, 1.807) is 0 Å². The van der Waals surface area contributed by atoms with Crippen molar-refractivity contribution in [1.29, 1.82) is 0 Å². The molecule has 18 heavy (non-hydrogen) atoms. The molecule has 2 N–H and O–H groups in total. The Hall–Kier alpha value is -1.91. The highest BCUT2D eigenvalue weighted by molar-refractivity contribution is 5.94. The van der Waals surface area contributed by atoms with E-state index in [1.807, 2.05) is 0 Å². The molecule has 96 valence electrons. The molecule has 0 radical (unpaired) electrons. The maximum Gasteiger partial charge on any atom is 0.311 e. The average molecular weight is 251 g/mol. The second-order valence-electron chi connectivity index (χ2n) is 4.63. The Kier molecular flexibility index (Phi) is 3.32. The summed E-state index contributed by atoms with van der Waals surface area (Å²) in [7, 11) is 0. The van der Waals surface area contributed by atoms with E-state index >= 15 is 0 Å². The molecule has 5 heteroatoms. The maximum atomic E-state index is 12.9. The summed E-state index contributed by atoms with van der Waals surface area (Å²) in [6, 6.07) is 5.32. The Labute approximate surface area is 104 Å². The molecule has 1 aromatic carbocycles. The lowest BCUT2D eigenvalue weighted by atomic mass is 9.69. The number of hydrogen-bond donors (Lipinski definition) is 2. The molecular weight excluding hydrogens is 237 g/mol. The minimum Gasteiger partial charge on any atom is -0.481 e. The van der Waals surface area contributed by atoms with Crippen LogP contribution < -0.4 is 5.32 Å². The van der Waals surface area contributed by atoms with E-state index in [2.05, 4.69) is 5.32 Å². The molecule has 0 aromatic heterocycles. The number of halogens is 1. The molecular formula is C13H14FNO3. The van der Waals surface area contributed by atoms with Gasteiger partial charge in [0.25, 0.3) is 5.91 Å². The molecule has 1 aliphatic rings. The first kappa shape index (κ1) is 12.5. The molecule has 0 spiro atoms. The summed E-state index contributed by atoms with van der Waals surface area (Å²) in [6.07, 6.45) is 2.01. The number of rotatable bonds is 4. The van der Waals surface area contributed by atoms with Gasteiger partial charge in [-0.1, -0.05) is 12.5 Å². The molecule has 2 rings (SSSR count). The van der Waals surface area contributed by atoms with Crippen molar-refractivity contribution < 1.29 is 19.1 Å². The average Bonchev–Trinajstić information content (AvgIpc) is 2.26. The monoisotopic (exact) mass is 251 g/mol. The second kappa shape index (κ2) is 4.76. The van der Waals surface area contributed by atoms with Gasteiger partial charge in [-0.3, -0.25) is 9.59 Å². The Morgan fingerprint density at radius 1 is 1.39 bits per heavy atom. The van der Waals surface area contributed by atoms with Crippen LogP contribution in [0.2, 0.25) is 0 Å². The largest absolute Gasteiger partial charge is 0.481 e. The molecule has 0 bridgehead atoms. The first-order valence-corrected chi connectivity index (χ1v) is 5.81. The number of benzene rings is 1. The molecule has 0 unspecified atom stereocenters. The standard InChI is InChI=1S/C13H14FNO3/c14-10-4-1-3-9(7-10)11(16)15-8-13(12(17)18)5-2-6-13/h1,3-4,7H,2,5-6,8H2,(H,15,16)(H,17,18). The van der Waals surface area contributed by atoms with E-state index < -0.39 is 23.1 Å². The highest BCUT2D eigenvalue weighted by atomic mass is 19.1. The number of amides is 1. The lowest BCUT2D eigenvalue weighted by Crippen LogP contribution is -2.47. The summed E-state index contributed by atoms with van der Waals surface area (Å²) in [5.41, 5.74) is -0.627. The molecule has 0 saturated heterocycles. The predicted molar refractivity (Wildman–Crippen MR) is 62.7 cm³/mol. The van der Waals surface area contributed by atoms with Crippen LogP contribution in [0.4, 0.5) is 4.39 Å². The smallest absolute Gasteiger partial charge is 0.311 e. The van der Waals surface area contributed by atoms with Gasteiger partial charge in [-0.15, -0.1) is 0 Å². The van der Waals surface area contributed by atoms with Crippen molar-refractivity contribution >= 4 is 11.9 Å². The first-order valence-electron chi connectivity index (χ1n) is 5.81. The number of nitrogens with one attached hydrogen (secondary N) is 1. The minimum atomic E-state index is -0.881. The van der Waals surface area contributed by atoms with Gasteiger partial charge in [0, 0.05) is 12.1 Å². The van der Waals surface area contributed by atoms with E-state index in [4.69, 9.17) is 5.11 Å². The molecule has 4 nitrogen and oxygen atoms in total. The summed E-state index contributed by atoms with van der Waals surface area (Å²) in [4.78, 5) is 22.8. The number of carboxylic acids is 1. The highest BCUT2D eigenvalue weighted by Crippen LogP contribution is 2.40. The molecule has 0 atom stereocenters. The fourth-order valence-corrected chi connectivity index (χ4v) is 2.05. The van der Waals surface area contributed by atoms with Gasteiger partial charge in [0.05, 0.1) is 5.41 Å².